The molecule has 0 atom stereocenters. The molecule has 0 aliphatic carbocycles. The van der Waals surface area contributed by atoms with Crippen molar-refractivity contribution in [3.63, 3.8) is 0 Å². The van der Waals surface area contributed by atoms with Crippen molar-refractivity contribution in [1.82, 2.24) is 14.8 Å². The maximum atomic E-state index is 5.82. The summed E-state index contributed by atoms with van der Waals surface area (Å²) in [5.74, 6) is 0. The summed E-state index contributed by atoms with van der Waals surface area (Å²) < 4.78 is 1.82. The summed E-state index contributed by atoms with van der Waals surface area (Å²) >= 11 is 1.57. The van der Waals surface area contributed by atoms with E-state index in [0.717, 1.165) is 12.1 Å². The summed E-state index contributed by atoms with van der Waals surface area (Å²) in [6.07, 6.45) is 4.78. The summed E-state index contributed by atoms with van der Waals surface area (Å²) in [4.78, 5) is 5.69. The predicted octanol–water partition coefficient (Wildman–Crippen LogP) is 2.35. The number of nitrogens with zero attached hydrogens (tertiary/aromatic N) is 3. The van der Waals surface area contributed by atoms with Crippen LogP contribution >= 0.6 is 11.3 Å². The highest BCUT2D eigenvalue weighted by atomic mass is 32.1. The summed E-state index contributed by atoms with van der Waals surface area (Å²) in [6, 6.07) is 0. The van der Waals surface area contributed by atoms with Gasteiger partial charge < -0.3 is 5.73 Å². The van der Waals surface area contributed by atoms with E-state index in [9.17, 15) is 0 Å². The average Bonchev–Trinajstić information content (AvgIpc) is 2.72. The fourth-order valence-electron chi connectivity index (χ4n) is 1.82. The minimum Gasteiger partial charge on any atom is -0.375 e. The molecule has 0 amide bonds. The Labute approximate surface area is 105 Å². The number of nitrogen functional groups attached to an aromatic ring is 1. The van der Waals surface area contributed by atoms with Gasteiger partial charge in [-0.2, -0.15) is 5.10 Å². The Balaban J connectivity index is 2.32. The van der Waals surface area contributed by atoms with Crippen molar-refractivity contribution < 1.29 is 0 Å². The van der Waals surface area contributed by atoms with Gasteiger partial charge in [-0.05, 0) is 5.56 Å². The molecule has 0 aliphatic rings. The van der Waals surface area contributed by atoms with Crippen LogP contribution in [0.1, 0.15) is 36.9 Å². The lowest BCUT2D eigenvalue weighted by Crippen LogP contribution is -2.14. The summed E-state index contributed by atoms with van der Waals surface area (Å²) in [5, 5.41) is 4.83. The fraction of sp³-hybridized carbons (Fsp3) is 0.500. The van der Waals surface area contributed by atoms with E-state index < -0.39 is 0 Å². The Morgan fingerprint density at radius 2 is 2.12 bits per heavy atom. The second-order valence-electron chi connectivity index (χ2n) is 5.27. The molecule has 2 aromatic rings. The van der Waals surface area contributed by atoms with Gasteiger partial charge in [-0.15, -0.1) is 11.3 Å². The molecule has 4 nitrogen and oxygen atoms in total. The topological polar surface area (TPSA) is 56.7 Å². The maximum absolute atomic E-state index is 5.82. The maximum Gasteiger partial charge on any atom is 0.180 e. The van der Waals surface area contributed by atoms with Gasteiger partial charge in [0.05, 0.1) is 11.9 Å². The van der Waals surface area contributed by atoms with Crippen molar-refractivity contribution in [2.75, 3.05) is 5.73 Å². The van der Waals surface area contributed by atoms with E-state index in [0.29, 0.717) is 5.13 Å². The Morgan fingerprint density at radius 1 is 1.41 bits per heavy atom. The summed E-state index contributed by atoms with van der Waals surface area (Å²) in [5.41, 5.74) is 8.15. The molecule has 5 heteroatoms. The molecule has 92 valence electrons. The zero-order chi connectivity index (χ0) is 12.6. The van der Waals surface area contributed by atoms with Gasteiger partial charge in [0.1, 0.15) is 0 Å². The van der Waals surface area contributed by atoms with Gasteiger partial charge in [-0.1, -0.05) is 20.8 Å². The monoisotopic (exact) mass is 250 g/mol. The van der Waals surface area contributed by atoms with Crippen LogP contribution in [0.4, 0.5) is 5.13 Å². The lowest BCUT2D eigenvalue weighted by molar-refractivity contribution is 0.568. The van der Waals surface area contributed by atoms with Crippen LogP contribution in [-0.4, -0.2) is 14.8 Å². The third-order valence-electron chi connectivity index (χ3n) is 2.55. The van der Waals surface area contributed by atoms with Gasteiger partial charge >= 0.3 is 0 Å². The van der Waals surface area contributed by atoms with Gasteiger partial charge in [-0.3, -0.25) is 4.68 Å². The van der Waals surface area contributed by atoms with Gasteiger partial charge in [-0.25, -0.2) is 4.98 Å². The molecular formula is C12H18N4S. The highest BCUT2D eigenvalue weighted by Crippen LogP contribution is 2.32. The van der Waals surface area contributed by atoms with Crippen molar-refractivity contribution in [1.29, 1.82) is 0 Å². The minimum absolute atomic E-state index is 0.0334. The molecule has 2 heterocycles. The third-order valence-corrected chi connectivity index (χ3v) is 3.43. The van der Waals surface area contributed by atoms with Gasteiger partial charge in [0, 0.05) is 30.0 Å². The van der Waals surface area contributed by atoms with Crippen LogP contribution in [0.15, 0.2) is 12.4 Å². The number of hydrogen-bond acceptors (Lipinski definition) is 4. The van der Waals surface area contributed by atoms with Crippen molar-refractivity contribution in [3.8, 4) is 0 Å². The fourth-order valence-corrected chi connectivity index (χ4v) is 2.90. The van der Waals surface area contributed by atoms with E-state index in [1.165, 1.54) is 10.4 Å². The Hall–Kier alpha value is -1.36. The quantitative estimate of drug-likeness (QED) is 0.890. The minimum atomic E-state index is 0.0334. The van der Waals surface area contributed by atoms with Crippen LogP contribution in [0.5, 0.6) is 0 Å². The van der Waals surface area contributed by atoms with Gasteiger partial charge in [0.15, 0.2) is 5.13 Å². The van der Waals surface area contributed by atoms with Crippen LogP contribution in [0.2, 0.25) is 0 Å². The average molecular weight is 250 g/mol. The number of nitrogens with two attached hydrogens (primary N) is 1. The van der Waals surface area contributed by atoms with E-state index in [1.54, 1.807) is 11.3 Å². The standard InChI is InChI=1S/C12H18N4S/c1-12(2,3)10-9(17-11(13)15-10)5-8-6-14-16(4)7-8/h6-7H,5H2,1-4H3,(H2,13,15). The summed E-state index contributed by atoms with van der Waals surface area (Å²) in [7, 11) is 1.93. The second-order valence-corrected chi connectivity index (χ2v) is 6.39. The van der Waals surface area contributed by atoms with E-state index >= 15 is 0 Å². The molecule has 2 rings (SSSR count). The molecule has 0 radical (unpaired) electrons. The molecule has 0 fully saturated rings. The summed E-state index contributed by atoms with van der Waals surface area (Å²) in [6.45, 7) is 6.48. The van der Waals surface area contributed by atoms with Crippen molar-refractivity contribution in [2.24, 2.45) is 7.05 Å². The normalized spacial score (nSPS) is 12.0. The predicted molar refractivity (Wildman–Crippen MR) is 71.2 cm³/mol. The molecule has 2 aromatic heterocycles. The highest BCUT2D eigenvalue weighted by Gasteiger charge is 2.22. The first kappa shape index (κ1) is 12.1. The van der Waals surface area contributed by atoms with Crippen LogP contribution in [-0.2, 0) is 18.9 Å². The van der Waals surface area contributed by atoms with E-state index in [2.05, 4.69) is 30.9 Å². The molecule has 2 N–H and O–H groups in total. The molecule has 0 unspecified atom stereocenters. The van der Waals surface area contributed by atoms with Crippen LogP contribution < -0.4 is 5.73 Å². The van der Waals surface area contributed by atoms with Crippen LogP contribution in [0, 0.1) is 0 Å². The van der Waals surface area contributed by atoms with Crippen molar-refractivity contribution in [3.05, 3.63) is 28.5 Å². The largest absolute Gasteiger partial charge is 0.375 e. The lowest BCUT2D eigenvalue weighted by atomic mass is 9.90. The first-order valence-corrected chi connectivity index (χ1v) is 6.41. The van der Waals surface area contributed by atoms with E-state index in [1.807, 2.05) is 24.1 Å². The number of aromatic nitrogens is 3. The molecule has 0 spiro atoms. The molecular weight excluding hydrogens is 232 g/mol. The van der Waals surface area contributed by atoms with Gasteiger partial charge in [0.2, 0.25) is 0 Å². The molecule has 0 saturated heterocycles. The Kier molecular flexibility index (Phi) is 2.95. The SMILES string of the molecule is Cn1cc(Cc2sc(N)nc2C(C)(C)C)cn1. The van der Waals surface area contributed by atoms with Crippen LogP contribution in [0.3, 0.4) is 0 Å². The van der Waals surface area contributed by atoms with Crippen molar-refractivity contribution >= 4 is 16.5 Å². The number of rotatable bonds is 2. The number of hydrogen-bond donors (Lipinski definition) is 1. The smallest absolute Gasteiger partial charge is 0.180 e. The number of anilines is 1. The van der Waals surface area contributed by atoms with Gasteiger partial charge in [0.25, 0.3) is 0 Å². The molecule has 0 saturated carbocycles. The van der Waals surface area contributed by atoms with E-state index in [4.69, 9.17) is 5.73 Å². The first-order chi connectivity index (χ1) is 7.86. The third kappa shape index (κ3) is 2.66. The van der Waals surface area contributed by atoms with E-state index in [-0.39, 0.29) is 5.41 Å². The first-order valence-electron chi connectivity index (χ1n) is 5.59. The second kappa shape index (κ2) is 4.14. The molecule has 0 aromatic carbocycles. The Bertz CT molecular complexity index is 519. The van der Waals surface area contributed by atoms with Crippen LogP contribution in [0.25, 0.3) is 0 Å². The molecule has 0 bridgehead atoms. The Morgan fingerprint density at radius 3 is 2.65 bits per heavy atom. The lowest BCUT2D eigenvalue weighted by Gasteiger charge is -2.17. The number of aryl methyl sites for hydroxylation is 1. The zero-order valence-electron chi connectivity index (χ0n) is 10.7. The number of thiazole rings is 1. The molecule has 0 aliphatic heterocycles. The molecule has 17 heavy (non-hydrogen) atoms. The zero-order valence-corrected chi connectivity index (χ0v) is 11.5. The van der Waals surface area contributed by atoms with Crippen molar-refractivity contribution in [2.45, 2.75) is 32.6 Å². The highest BCUT2D eigenvalue weighted by molar-refractivity contribution is 7.15.